The van der Waals surface area contributed by atoms with Crippen molar-refractivity contribution in [3.63, 3.8) is 0 Å². The first-order valence-electron chi connectivity index (χ1n) is 8.51. The normalized spacial score (nSPS) is 11.0. The Bertz CT molecular complexity index is 922. The van der Waals surface area contributed by atoms with Crippen molar-refractivity contribution >= 4 is 12.1 Å². The van der Waals surface area contributed by atoms with Crippen molar-refractivity contribution in [2.75, 3.05) is 0 Å². The van der Waals surface area contributed by atoms with Crippen LogP contribution in [-0.4, -0.2) is 21.9 Å². The maximum Gasteiger partial charge on any atom is 0.271 e. The molecule has 0 aliphatic heterocycles. The summed E-state index contributed by atoms with van der Waals surface area (Å²) in [4.78, 5) is 12.2. The third kappa shape index (κ3) is 4.45. The highest BCUT2D eigenvalue weighted by molar-refractivity contribution is 5.94. The number of hydrogen-bond acceptors (Lipinski definition) is 3. The van der Waals surface area contributed by atoms with E-state index >= 15 is 0 Å². The van der Waals surface area contributed by atoms with Gasteiger partial charge in [0.2, 0.25) is 0 Å². The van der Waals surface area contributed by atoms with Crippen molar-refractivity contribution < 1.29 is 4.79 Å². The number of hydrazone groups is 1. The number of rotatable bonds is 5. The van der Waals surface area contributed by atoms with Gasteiger partial charge in [-0.3, -0.25) is 9.48 Å². The third-order valence-electron chi connectivity index (χ3n) is 4.11. The van der Waals surface area contributed by atoms with Crippen molar-refractivity contribution in [2.45, 2.75) is 27.3 Å². The number of carbonyl (C=O) groups excluding carboxylic acids is 1. The number of benzene rings is 2. The molecule has 0 aliphatic rings. The summed E-state index contributed by atoms with van der Waals surface area (Å²) in [7, 11) is 0. The highest BCUT2D eigenvalue weighted by Crippen LogP contribution is 2.09. The van der Waals surface area contributed by atoms with Gasteiger partial charge in [-0.2, -0.15) is 10.2 Å². The molecule has 2 aromatic carbocycles. The minimum absolute atomic E-state index is 0.231. The number of aromatic nitrogens is 2. The van der Waals surface area contributed by atoms with Crippen molar-refractivity contribution in [3.8, 4) is 0 Å². The molecule has 132 valence electrons. The lowest BCUT2D eigenvalue weighted by molar-refractivity contribution is 0.0955. The van der Waals surface area contributed by atoms with E-state index in [-0.39, 0.29) is 5.91 Å². The monoisotopic (exact) mass is 346 g/mol. The number of carbonyl (C=O) groups is 1. The van der Waals surface area contributed by atoms with E-state index in [0.717, 1.165) is 22.5 Å². The molecular weight excluding hydrogens is 324 g/mol. The Balaban J connectivity index is 1.59. The van der Waals surface area contributed by atoms with Gasteiger partial charge in [0.1, 0.15) is 0 Å². The highest BCUT2D eigenvalue weighted by Gasteiger charge is 2.06. The first kappa shape index (κ1) is 17.6. The van der Waals surface area contributed by atoms with Gasteiger partial charge in [-0.05, 0) is 50.1 Å². The standard InChI is InChI=1S/C21H22N4O/c1-15-4-6-18(7-5-15)13-22-23-21(26)20-10-8-19(9-11-20)14-25-17(3)12-16(2)24-25/h4-13H,14H2,1-3H3,(H,23,26)/b22-13-. The summed E-state index contributed by atoms with van der Waals surface area (Å²) in [6, 6.07) is 17.5. The molecule has 0 saturated heterocycles. The molecule has 1 amide bonds. The molecule has 0 bridgehead atoms. The zero-order valence-electron chi connectivity index (χ0n) is 15.2. The minimum atomic E-state index is -0.231. The Kier molecular flexibility index (Phi) is 5.27. The van der Waals surface area contributed by atoms with Crippen LogP contribution < -0.4 is 5.43 Å². The fraction of sp³-hybridized carbons (Fsp3) is 0.190. The number of amides is 1. The summed E-state index contributed by atoms with van der Waals surface area (Å²) in [6.07, 6.45) is 1.63. The van der Waals surface area contributed by atoms with Crippen LogP contribution in [0.2, 0.25) is 0 Å². The number of hydrogen-bond donors (Lipinski definition) is 1. The van der Waals surface area contributed by atoms with Crippen LogP contribution in [-0.2, 0) is 6.54 Å². The molecule has 5 nitrogen and oxygen atoms in total. The Morgan fingerprint density at radius 2 is 1.77 bits per heavy atom. The molecule has 0 fully saturated rings. The third-order valence-corrected chi connectivity index (χ3v) is 4.11. The Labute approximate surface area is 153 Å². The van der Waals surface area contributed by atoms with E-state index < -0.39 is 0 Å². The molecule has 1 heterocycles. The van der Waals surface area contributed by atoms with E-state index in [1.54, 1.807) is 18.3 Å². The van der Waals surface area contributed by atoms with Gasteiger partial charge in [-0.25, -0.2) is 5.43 Å². The molecular formula is C21H22N4O. The molecule has 0 unspecified atom stereocenters. The molecule has 0 spiro atoms. The molecule has 0 aliphatic carbocycles. The number of nitrogens with one attached hydrogen (secondary N) is 1. The fourth-order valence-electron chi connectivity index (χ4n) is 2.65. The van der Waals surface area contributed by atoms with Gasteiger partial charge in [-0.1, -0.05) is 42.0 Å². The number of aryl methyl sites for hydroxylation is 3. The van der Waals surface area contributed by atoms with Crippen LogP contribution in [0.4, 0.5) is 0 Å². The van der Waals surface area contributed by atoms with Gasteiger partial charge in [0, 0.05) is 11.3 Å². The Morgan fingerprint density at radius 3 is 2.38 bits per heavy atom. The SMILES string of the molecule is Cc1ccc(/C=N\NC(=O)c2ccc(Cn3nc(C)cc3C)cc2)cc1. The van der Waals surface area contributed by atoms with Gasteiger partial charge >= 0.3 is 0 Å². The summed E-state index contributed by atoms with van der Waals surface area (Å²) in [5.74, 6) is -0.231. The smallest absolute Gasteiger partial charge is 0.267 e. The van der Waals surface area contributed by atoms with Crippen molar-refractivity contribution in [2.24, 2.45) is 5.10 Å². The lowest BCUT2D eigenvalue weighted by Crippen LogP contribution is -2.17. The second-order valence-corrected chi connectivity index (χ2v) is 6.39. The van der Waals surface area contributed by atoms with Gasteiger partial charge in [0.15, 0.2) is 0 Å². The van der Waals surface area contributed by atoms with Crippen molar-refractivity contribution in [3.05, 3.63) is 88.2 Å². The lowest BCUT2D eigenvalue weighted by Gasteiger charge is -2.06. The molecule has 1 N–H and O–H groups in total. The van der Waals surface area contributed by atoms with Gasteiger partial charge in [-0.15, -0.1) is 0 Å². The van der Waals surface area contributed by atoms with Gasteiger partial charge in [0.25, 0.3) is 5.91 Å². The van der Waals surface area contributed by atoms with E-state index in [1.807, 2.05) is 67.9 Å². The van der Waals surface area contributed by atoms with Crippen LogP contribution in [0.1, 0.15) is 38.4 Å². The summed E-state index contributed by atoms with van der Waals surface area (Å²) in [5.41, 5.74) is 8.47. The molecule has 3 rings (SSSR count). The molecule has 0 atom stereocenters. The zero-order chi connectivity index (χ0) is 18.5. The number of nitrogens with zero attached hydrogens (tertiary/aromatic N) is 3. The van der Waals surface area contributed by atoms with E-state index in [4.69, 9.17) is 0 Å². The largest absolute Gasteiger partial charge is 0.271 e. The topological polar surface area (TPSA) is 59.3 Å². The molecule has 5 heteroatoms. The minimum Gasteiger partial charge on any atom is -0.267 e. The summed E-state index contributed by atoms with van der Waals surface area (Å²) < 4.78 is 1.95. The molecule has 3 aromatic rings. The predicted molar refractivity (Wildman–Crippen MR) is 103 cm³/mol. The van der Waals surface area contributed by atoms with Crippen LogP contribution in [0.3, 0.4) is 0 Å². The predicted octanol–water partition coefficient (Wildman–Crippen LogP) is 3.62. The first-order chi connectivity index (χ1) is 12.5. The molecule has 0 radical (unpaired) electrons. The average molecular weight is 346 g/mol. The summed E-state index contributed by atoms with van der Waals surface area (Å²) >= 11 is 0. The lowest BCUT2D eigenvalue weighted by atomic mass is 10.1. The summed E-state index contributed by atoms with van der Waals surface area (Å²) in [6.45, 7) is 6.73. The highest BCUT2D eigenvalue weighted by atomic mass is 16.2. The van der Waals surface area contributed by atoms with Gasteiger partial charge < -0.3 is 0 Å². The van der Waals surface area contributed by atoms with E-state index in [2.05, 4.69) is 15.6 Å². The molecule has 1 aromatic heterocycles. The van der Waals surface area contributed by atoms with Crippen LogP contribution in [0.15, 0.2) is 59.7 Å². The van der Waals surface area contributed by atoms with Crippen LogP contribution >= 0.6 is 0 Å². The maximum atomic E-state index is 12.2. The summed E-state index contributed by atoms with van der Waals surface area (Å²) in [5, 5.41) is 8.47. The quantitative estimate of drug-likeness (QED) is 0.566. The van der Waals surface area contributed by atoms with Gasteiger partial charge in [0.05, 0.1) is 18.5 Å². The molecule has 26 heavy (non-hydrogen) atoms. The maximum absolute atomic E-state index is 12.2. The Hall–Kier alpha value is -3.21. The molecule has 0 saturated carbocycles. The average Bonchev–Trinajstić information content (AvgIpc) is 2.94. The zero-order valence-corrected chi connectivity index (χ0v) is 15.2. The van der Waals surface area contributed by atoms with Crippen LogP contribution in [0, 0.1) is 20.8 Å². The van der Waals surface area contributed by atoms with E-state index in [9.17, 15) is 4.79 Å². The van der Waals surface area contributed by atoms with Crippen LogP contribution in [0.25, 0.3) is 0 Å². The second-order valence-electron chi connectivity index (χ2n) is 6.39. The van der Waals surface area contributed by atoms with Crippen molar-refractivity contribution in [1.29, 1.82) is 0 Å². The fourth-order valence-corrected chi connectivity index (χ4v) is 2.65. The van der Waals surface area contributed by atoms with E-state index in [0.29, 0.717) is 12.1 Å². The first-order valence-corrected chi connectivity index (χ1v) is 8.51. The Morgan fingerprint density at radius 1 is 1.08 bits per heavy atom. The van der Waals surface area contributed by atoms with Crippen molar-refractivity contribution in [1.82, 2.24) is 15.2 Å². The second kappa shape index (κ2) is 7.78. The van der Waals surface area contributed by atoms with Crippen LogP contribution in [0.5, 0.6) is 0 Å². The van der Waals surface area contributed by atoms with E-state index in [1.165, 1.54) is 5.56 Å².